The van der Waals surface area contributed by atoms with Gasteiger partial charge in [-0.2, -0.15) is 0 Å². The number of benzene rings is 2. The molecule has 3 aromatic rings. The van der Waals surface area contributed by atoms with Crippen LogP contribution in [0.25, 0.3) is 22.4 Å². The first kappa shape index (κ1) is 8.65. The van der Waals surface area contributed by atoms with Crippen LogP contribution < -0.4 is 0 Å². The second-order valence-corrected chi connectivity index (χ2v) is 4.34. The largest absolute Gasteiger partial charge is 0.256 e. The third-order valence-electron chi connectivity index (χ3n) is 3.07. The minimum absolute atomic E-state index is 0.351. The third kappa shape index (κ3) is 2.41. The quantitative estimate of drug-likeness (QED) is 0.639. The average molecular weight is 248 g/mol. The normalized spacial score (nSPS) is 13.4. The highest BCUT2D eigenvalue weighted by Crippen LogP contribution is 2.24. The summed E-state index contributed by atoms with van der Waals surface area (Å²) in [6, 6.07) is 20.8. The molecule has 1 heteroatoms. The molecular formula is C18H15N. The molecule has 0 aliphatic rings. The predicted molar refractivity (Wildman–Crippen MR) is 79.8 cm³/mol. The number of hydrogen-bond donors (Lipinski definition) is 0. The number of hydrogen-bond acceptors (Lipinski definition) is 1. The molecule has 0 N–H and O–H groups in total. The van der Waals surface area contributed by atoms with Crippen LogP contribution in [0.3, 0.4) is 0 Å². The van der Waals surface area contributed by atoms with Gasteiger partial charge in [-0.3, -0.25) is 4.98 Å². The molecule has 0 saturated carbocycles. The Hall–Kier alpha value is -2.41. The van der Waals surface area contributed by atoms with Crippen LogP contribution in [0.5, 0.6) is 0 Å². The van der Waals surface area contributed by atoms with Crippen molar-refractivity contribution in [2.45, 2.75) is 6.85 Å². The van der Waals surface area contributed by atoms with Gasteiger partial charge in [0.15, 0.2) is 0 Å². The topological polar surface area (TPSA) is 12.9 Å². The van der Waals surface area contributed by atoms with E-state index >= 15 is 0 Å². The van der Waals surface area contributed by atoms with Gasteiger partial charge in [-0.1, -0.05) is 60.7 Å². The van der Waals surface area contributed by atoms with E-state index in [1.54, 1.807) is 18.3 Å². The summed E-state index contributed by atoms with van der Waals surface area (Å²) in [7, 11) is 0. The van der Waals surface area contributed by atoms with Crippen molar-refractivity contribution in [2.24, 2.45) is 0 Å². The fourth-order valence-corrected chi connectivity index (χ4v) is 2.07. The molecular weight excluding hydrogens is 230 g/mol. The van der Waals surface area contributed by atoms with E-state index in [2.05, 4.69) is 4.98 Å². The van der Waals surface area contributed by atoms with Crippen LogP contribution in [-0.2, 0) is 0 Å². The van der Waals surface area contributed by atoms with Crippen molar-refractivity contribution in [1.82, 2.24) is 4.98 Å². The lowest BCUT2D eigenvalue weighted by Gasteiger charge is -2.06. The summed E-state index contributed by atoms with van der Waals surface area (Å²) < 4.78 is 23.0. The van der Waals surface area contributed by atoms with Crippen molar-refractivity contribution < 1.29 is 4.11 Å². The molecule has 0 radical (unpaired) electrons. The van der Waals surface area contributed by atoms with Crippen LogP contribution in [0, 0.1) is 6.85 Å². The van der Waals surface area contributed by atoms with E-state index in [1.165, 1.54) is 0 Å². The Bertz CT molecular complexity index is 762. The number of aryl methyl sites for hydroxylation is 1. The molecule has 0 unspecified atom stereocenters. The van der Waals surface area contributed by atoms with Crippen molar-refractivity contribution in [2.75, 3.05) is 0 Å². The van der Waals surface area contributed by atoms with E-state index in [0.717, 1.165) is 16.8 Å². The molecule has 1 heterocycles. The maximum absolute atomic E-state index is 7.65. The number of nitrogens with zero attached hydrogens (tertiary/aromatic N) is 1. The summed E-state index contributed by atoms with van der Waals surface area (Å²) in [6.07, 6.45) is 1.73. The molecule has 0 atom stereocenters. The molecule has 0 spiro atoms. The van der Waals surface area contributed by atoms with Crippen LogP contribution in [0.1, 0.15) is 9.68 Å². The second kappa shape index (κ2) is 5.07. The second-order valence-electron chi connectivity index (χ2n) is 4.34. The van der Waals surface area contributed by atoms with E-state index in [-0.39, 0.29) is 0 Å². The summed E-state index contributed by atoms with van der Waals surface area (Å²) in [5.41, 5.74) is 3.78. The van der Waals surface area contributed by atoms with Gasteiger partial charge < -0.3 is 0 Å². The van der Waals surface area contributed by atoms with Crippen molar-refractivity contribution >= 4 is 0 Å². The smallest absolute Gasteiger partial charge is 0.0702 e. The Labute approximate surface area is 117 Å². The van der Waals surface area contributed by atoms with Gasteiger partial charge in [0.2, 0.25) is 0 Å². The van der Waals surface area contributed by atoms with Crippen LogP contribution in [0.15, 0.2) is 72.9 Å². The first-order valence-electron chi connectivity index (χ1n) is 7.67. The fraction of sp³-hybridized carbons (Fsp3) is 0.0556. The predicted octanol–water partition coefficient (Wildman–Crippen LogP) is 4.72. The summed E-state index contributed by atoms with van der Waals surface area (Å²) in [4.78, 5) is 4.46. The zero-order valence-corrected chi connectivity index (χ0v) is 10.4. The highest BCUT2D eigenvalue weighted by Gasteiger charge is 2.02. The van der Waals surface area contributed by atoms with E-state index in [9.17, 15) is 0 Å². The zero-order chi connectivity index (χ0) is 15.6. The fourth-order valence-electron chi connectivity index (χ4n) is 2.07. The Morgan fingerprint density at radius 2 is 1.58 bits per heavy atom. The van der Waals surface area contributed by atoms with Crippen molar-refractivity contribution in [3.05, 3.63) is 78.5 Å². The molecule has 0 aliphatic carbocycles. The summed E-state index contributed by atoms with van der Waals surface area (Å²) in [5, 5.41) is 0. The molecule has 1 nitrogen and oxygen atoms in total. The number of rotatable bonds is 2. The lowest BCUT2D eigenvalue weighted by atomic mass is 10.0. The highest BCUT2D eigenvalue weighted by molar-refractivity contribution is 5.69. The minimum atomic E-state index is -2.13. The maximum Gasteiger partial charge on any atom is 0.0702 e. The molecule has 2 aromatic carbocycles. The van der Waals surface area contributed by atoms with Gasteiger partial charge >= 0.3 is 0 Å². The van der Waals surface area contributed by atoms with Gasteiger partial charge in [-0.05, 0) is 24.0 Å². The van der Waals surface area contributed by atoms with Gasteiger partial charge in [0.1, 0.15) is 0 Å². The Morgan fingerprint density at radius 3 is 2.32 bits per heavy atom. The summed E-state index contributed by atoms with van der Waals surface area (Å²) in [6.45, 7) is -2.13. The maximum atomic E-state index is 7.65. The molecule has 0 amide bonds. The lowest BCUT2D eigenvalue weighted by molar-refractivity contribution is 1.32. The molecule has 0 aliphatic heterocycles. The first-order valence-corrected chi connectivity index (χ1v) is 6.17. The van der Waals surface area contributed by atoms with E-state index in [0.29, 0.717) is 11.1 Å². The van der Waals surface area contributed by atoms with Gasteiger partial charge in [-0.15, -0.1) is 0 Å². The molecule has 0 fully saturated rings. The monoisotopic (exact) mass is 248 g/mol. The molecule has 3 rings (SSSR count). The summed E-state index contributed by atoms with van der Waals surface area (Å²) >= 11 is 0. The number of aromatic nitrogens is 1. The van der Waals surface area contributed by atoms with Gasteiger partial charge in [0.05, 0.1) is 5.69 Å². The van der Waals surface area contributed by atoms with E-state index in [1.807, 2.05) is 54.6 Å². The highest BCUT2D eigenvalue weighted by atomic mass is 14.7. The van der Waals surface area contributed by atoms with Gasteiger partial charge in [0.25, 0.3) is 0 Å². The molecule has 0 saturated heterocycles. The van der Waals surface area contributed by atoms with Crippen LogP contribution >= 0.6 is 0 Å². The van der Waals surface area contributed by atoms with Crippen LogP contribution in [0.4, 0.5) is 0 Å². The van der Waals surface area contributed by atoms with Crippen molar-refractivity contribution in [3.8, 4) is 22.4 Å². The zero-order valence-electron chi connectivity index (χ0n) is 13.4. The third-order valence-corrected chi connectivity index (χ3v) is 3.07. The SMILES string of the molecule is [2H]C([2H])([2H])c1ccccc1-c1ccc(-c2ccccc2)nc1. The van der Waals surface area contributed by atoms with Crippen molar-refractivity contribution in [3.63, 3.8) is 0 Å². The lowest BCUT2D eigenvalue weighted by Crippen LogP contribution is -1.86. The standard InChI is InChI=1S/C18H15N/c1-14-7-5-6-10-17(14)16-11-12-18(19-13-16)15-8-3-2-4-9-15/h2-13H,1H3/i1D3. The molecule has 19 heavy (non-hydrogen) atoms. The molecule has 1 aromatic heterocycles. The van der Waals surface area contributed by atoms with Crippen molar-refractivity contribution in [1.29, 1.82) is 0 Å². The molecule has 0 bridgehead atoms. The Morgan fingerprint density at radius 1 is 0.789 bits per heavy atom. The van der Waals surface area contributed by atoms with Gasteiger partial charge in [0, 0.05) is 21.4 Å². The Kier molecular flexibility index (Phi) is 2.31. The van der Waals surface area contributed by atoms with Crippen LogP contribution in [-0.4, -0.2) is 4.98 Å². The first-order chi connectivity index (χ1) is 10.6. The van der Waals surface area contributed by atoms with E-state index in [4.69, 9.17) is 4.11 Å². The summed E-state index contributed by atoms with van der Waals surface area (Å²) in [5.74, 6) is 0. The van der Waals surface area contributed by atoms with Crippen LogP contribution in [0.2, 0.25) is 0 Å². The van der Waals surface area contributed by atoms with Gasteiger partial charge in [-0.25, -0.2) is 0 Å². The average Bonchev–Trinajstić information content (AvgIpc) is 2.55. The van der Waals surface area contributed by atoms with E-state index < -0.39 is 6.85 Å². The number of pyridine rings is 1. The molecule has 92 valence electrons. The minimum Gasteiger partial charge on any atom is -0.256 e. The Balaban J connectivity index is 2.01.